The molecule has 78 valence electrons. The van der Waals surface area contributed by atoms with Crippen molar-refractivity contribution in [1.29, 1.82) is 0 Å². The number of benzene rings is 2. The first-order chi connectivity index (χ1) is 6.98. The first-order valence-corrected chi connectivity index (χ1v) is 5.65. The minimum Gasteiger partial charge on any atom is -0.143 e. The Morgan fingerprint density at radius 1 is 0.933 bits per heavy atom. The molecule has 0 unspecified atom stereocenters. The van der Waals surface area contributed by atoms with E-state index in [0.717, 1.165) is 4.90 Å². The summed E-state index contributed by atoms with van der Waals surface area (Å²) < 4.78 is 0. The highest BCUT2D eigenvalue weighted by Gasteiger charge is 2.16. The molecule has 0 aromatic heterocycles. The maximum Gasteiger partial charge on any atom is 0.00837 e. The Labute approximate surface area is 96.7 Å². The maximum absolute atomic E-state index is 4.57. The Kier molecular flexibility index (Phi) is 2.51. The van der Waals surface area contributed by atoms with Crippen molar-refractivity contribution < 1.29 is 0 Å². The van der Waals surface area contributed by atoms with Gasteiger partial charge in [-0.2, -0.15) is 0 Å². The smallest absolute Gasteiger partial charge is 0.00837 e. The van der Waals surface area contributed by atoms with Crippen molar-refractivity contribution in [3.05, 3.63) is 42.0 Å². The number of fused-ring (bicyclic) bond motifs is 1. The van der Waals surface area contributed by atoms with Crippen LogP contribution in [0.15, 0.2) is 41.3 Å². The molecule has 1 heteroatoms. The van der Waals surface area contributed by atoms with E-state index in [1.165, 1.54) is 16.3 Å². The number of hydrogen-bond donors (Lipinski definition) is 1. The summed E-state index contributed by atoms with van der Waals surface area (Å²) in [7, 11) is 0. The third-order valence-electron chi connectivity index (χ3n) is 2.67. The van der Waals surface area contributed by atoms with Gasteiger partial charge in [0.2, 0.25) is 0 Å². The van der Waals surface area contributed by atoms with Crippen molar-refractivity contribution in [2.45, 2.75) is 31.1 Å². The van der Waals surface area contributed by atoms with Crippen molar-refractivity contribution in [1.82, 2.24) is 0 Å². The zero-order valence-electron chi connectivity index (χ0n) is 9.41. The molecule has 0 saturated heterocycles. The van der Waals surface area contributed by atoms with Crippen LogP contribution in [0.25, 0.3) is 10.8 Å². The minimum atomic E-state index is 0.154. The summed E-state index contributed by atoms with van der Waals surface area (Å²) in [5.41, 5.74) is 1.46. The molecule has 0 saturated carbocycles. The summed E-state index contributed by atoms with van der Waals surface area (Å²) in [6.07, 6.45) is 0. The lowest BCUT2D eigenvalue weighted by Gasteiger charge is -2.21. The van der Waals surface area contributed by atoms with Crippen LogP contribution in [0.1, 0.15) is 26.3 Å². The molecule has 2 rings (SSSR count). The monoisotopic (exact) mass is 216 g/mol. The van der Waals surface area contributed by atoms with Crippen LogP contribution in [-0.4, -0.2) is 0 Å². The number of hydrogen-bond acceptors (Lipinski definition) is 1. The molecule has 0 aliphatic heterocycles. The van der Waals surface area contributed by atoms with Gasteiger partial charge in [-0.1, -0.05) is 45.0 Å². The fraction of sp³-hybridized carbons (Fsp3) is 0.286. The minimum absolute atomic E-state index is 0.154. The summed E-state index contributed by atoms with van der Waals surface area (Å²) >= 11 is 4.57. The van der Waals surface area contributed by atoms with Crippen molar-refractivity contribution in [2.75, 3.05) is 0 Å². The Morgan fingerprint density at radius 3 is 2.00 bits per heavy atom. The van der Waals surface area contributed by atoms with E-state index in [0.29, 0.717) is 0 Å². The predicted molar refractivity (Wildman–Crippen MR) is 69.9 cm³/mol. The van der Waals surface area contributed by atoms with Crippen LogP contribution in [0.2, 0.25) is 0 Å². The molecule has 0 radical (unpaired) electrons. The molecule has 0 aliphatic rings. The van der Waals surface area contributed by atoms with Gasteiger partial charge in [0.1, 0.15) is 0 Å². The summed E-state index contributed by atoms with van der Waals surface area (Å²) in [5, 5.41) is 2.55. The fourth-order valence-electron chi connectivity index (χ4n) is 1.83. The quantitative estimate of drug-likeness (QED) is 0.619. The molecule has 0 N–H and O–H groups in total. The highest BCUT2D eigenvalue weighted by atomic mass is 32.1. The molecule has 0 bridgehead atoms. The van der Waals surface area contributed by atoms with Crippen LogP contribution < -0.4 is 0 Å². The van der Waals surface area contributed by atoms with Gasteiger partial charge in [-0.25, -0.2) is 0 Å². The van der Waals surface area contributed by atoms with Gasteiger partial charge >= 0.3 is 0 Å². The van der Waals surface area contributed by atoms with Crippen molar-refractivity contribution >= 4 is 23.4 Å². The predicted octanol–water partition coefficient (Wildman–Crippen LogP) is 4.43. The highest BCUT2D eigenvalue weighted by molar-refractivity contribution is 7.80. The van der Waals surface area contributed by atoms with Gasteiger partial charge in [0.05, 0.1) is 0 Å². The third kappa shape index (κ3) is 2.03. The highest BCUT2D eigenvalue weighted by Crippen LogP contribution is 2.31. The van der Waals surface area contributed by atoms with E-state index in [1.54, 1.807) is 0 Å². The Hall–Kier alpha value is -0.950. The van der Waals surface area contributed by atoms with Crippen LogP contribution in [-0.2, 0) is 5.41 Å². The van der Waals surface area contributed by atoms with Gasteiger partial charge in [0, 0.05) is 4.90 Å². The molecule has 15 heavy (non-hydrogen) atoms. The molecule has 0 atom stereocenters. The van der Waals surface area contributed by atoms with Crippen molar-refractivity contribution in [3.8, 4) is 0 Å². The Bertz CT molecular complexity index is 492. The first kappa shape index (κ1) is 10.6. The Balaban J connectivity index is 2.73. The van der Waals surface area contributed by atoms with Crippen LogP contribution in [0.4, 0.5) is 0 Å². The number of thiol groups is 1. The molecular weight excluding hydrogens is 200 g/mol. The van der Waals surface area contributed by atoms with Crippen LogP contribution in [0.3, 0.4) is 0 Å². The second-order valence-corrected chi connectivity index (χ2v) is 5.45. The zero-order valence-corrected chi connectivity index (χ0v) is 10.3. The third-order valence-corrected chi connectivity index (χ3v) is 3.04. The maximum atomic E-state index is 4.57. The van der Waals surface area contributed by atoms with E-state index < -0.39 is 0 Å². The fourth-order valence-corrected chi connectivity index (χ4v) is 2.37. The zero-order chi connectivity index (χ0) is 11.1. The molecule has 2 aromatic carbocycles. The van der Waals surface area contributed by atoms with E-state index >= 15 is 0 Å². The molecule has 0 nitrogen and oxygen atoms in total. The van der Waals surface area contributed by atoms with E-state index in [2.05, 4.69) is 69.8 Å². The topological polar surface area (TPSA) is 0 Å². The lowest BCUT2D eigenvalue weighted by molar-refractivity contribution is 0.579. The molecule has 0 fully saturated rings. The van der Waals surface area contributed by atoms with Gasteiger partial charge in [0.15, 0.2) is 0 Å². The average Bonchev–Trinajstić information content (AvgIpc) is 2.15. The van der Waals surface area contributed by atoms with Crippen molar-refractivity contribution in [3.63, 3.8) is 0 Å². The van der Waals surface area contributed by atoms with Gasteiger partial charge in [0.25, 0.3) is 0 Å². The van der Waals surface area contributed by atoms with E-state index in [-0.39, 0.29) is 5.41 Å². The average molecular weight is 216 g/mol. The van der Waals surface area contributed by atoms with Crippen molar-refractivity contribution in [2.24, 2.45) is 0 Å². The van der Waals surface area contributed by atoms with E-state index in [9.17, 15) is 0 Å². The molecular formula is C14H16S. The summed E-state index contributed by atoms with van der Waals surface area (Å²) in [6, 6.07) is 12.8. The van der Waals surface area contributed by atoms with E-state index in [1.807, 2.05) is 0 Å². The molecule has 0 heterocycles. The Morgan fingerprint density at radius 2 is 1.47 bits per heavy atom. The van der Waals surface area contributed by atoms with Crippen LogP contribution in [0, 0.1) is 0 Å². The largest absolute Gasteiger partial charge is 0.143 e. The summed E-state index contributed by atoms with van der Waals surface area (Å²) in [6.45, 7) is 6.66. The molecule has 0 amide bonds. The molecule has 2 aromatic rings. The summed E-state index contributed by atoms with van der Waals surface area (Å²) in [4.78, 5) is 1.08. The van der Waals surface area contributed by atoms with E-state index in [4.69, 9.17) is 0 Å². The SMILES string of the molecule is CC(C)(C)c1cc2ccccc2cc1S. The van der Waals surface area contributed by atoms with Gasteiger partial charge in [-0.05, 0) is 33.9 Å². The molecule has 0 aliphatic carbocycles. The normalized spacial score (nSPS) is 12.0. The number of rotatable bonds is 0. The van der Waals surface area contributed by atoms with Gasteiger partial charge in [-0.15, -0.1) is 12.6 Å². The summed E-state index contributed by atoms with van der Waals surface area (Å²) in [5.74, 6) is 0. The second kappa shape index (κ2) is 3.57. The first-order valence-electron chi connectivity index (χ1n) is 5.21. The second-order valence-electron chi connectivity index (χ2n) is 4.97. The lowest BCUT2D eigenvalue weighted by atomic mass is 9.86. The lowest BCUT2D eigenvalue weighted by Crippen LogP contribution is -2.11. The molecule has 0 spiro atoms. The van der Waals surface area contributed by atoms with Crippen LogP contribution in [0.5, 0.6) is 0 Å². The van der Waals surface area contributed by atoms with Gasteiger partial charge < -0.3 is 0 Å². The van der Waals surface area contributed by atoms with Crippen LogP contribution >= 0.6 is 12.6 Å². The van der Waals surface area contributed by atoms with Gasteiger partial charge in [-0.3, -0.25) is 0 Å². The standard InChI is InChI=1S/C14H16S/c1-14(2,3)12-8-10-6-4-5-7-11(10)9-13(12)15/h4-9,15H,1-3H3.